The van der Waals surface area contributed by atoms with Crippen molar-refractivity contribution in [2.75, 3.05) is 13.6 Å². The molecule has 16 heavy (non-hydrogen) atoms. The zero-order chi connectivity index (χ0) is 10.7. The summed E-state index contributed by atoms with van der Waals surface area (Å²) in [4.78, 5) is 13.7. The first-order valence-corrected chi connectivity index (χ1v) is 5.31. The van der Waals surface area contributed by atoms with Crippen molar-refractivity contribution in [3.05, 3.63) is 35.9 Å². The van der Waals surface area contributed by atoms with E-state index in [4.69, 9.17) is 0 Å². The number of rotatable bonds is 3. The fraction of sp³-hybridized carbons (Fsp3) is 0.417. The van der Waals surface area contributed by atoms with Crippen molar-refractivity contribution in [1.29, 1.82) is 0 Å². The van der Waals surface area contributed by atoms with Crippen molar-refractivity contribution in [2.24, 2.45) is 0 Å². The quantitative estimate of drug-likeness (QED) is 0.867. The largest absolute Gasteiger partial charge is 0.337 e. The zero-order valence-corrected chi connectivity index (χ0v) is 10.2. The van der Waals surface area contributed by atoms with Gasteiger partial charge >= 0.3 is 0 Å². The molecule has 1 atom stereocenters. The van der Waals surface area contributed by atoms with E-state index in [0.29, 0.717) is 0 Å². The number of nitrogens with zero attached hydrogens (tertiary/aromatic N) is 1. The number of hydrogen-bond acceptors (Lipinski definition) is 2. The lowest BCUT2D eigenvalue weighted by atomic mass is 10.2. The number of carbonyl (C=O) groups excluding carboxylic acids is 1. The second-order valence-electron chi connectivity index (χ2n) is 3.88. The predicted molar refractivity (Wildman–Crippen MR) is 66.6 cm³/mol. The molecule has 1 N–H and O–H groups in total. The van der Waals surface area contributed by atoms with E-state index in [2.05, 4.69) is 17.4 Å². The first-order chi connectivity index (χ1) is 7.31. The molecule has 2 rings (SSSR count). The van der Waals surface area contributed by atoms with Crippen LogP contribution >= 0.6 is 12.4 Å². The number of likely N-dealkylation sites (N-methyl/N-ethyl adjacent to an activating group) is 1. The lowest BCUT2D eigenvalue weighted by Crippen LogP contribution is -2.35. The third-order valence-corrected chi connectivity index (χ3v) is 2.86. The van der Waals surface area contributed by atoms with E-state index in [1.54, 1.807) is 0 Å². The number of amides is 1. The fourth-order valence-electron chi connectivity index (χ4n) is 1.97. The van der Waals surface area contributed by atoms with Gasteiger partial charge in [-0.3, -0.25) is 4.79 Å². The molecule has 0 saturated carbocycles. The molecule has 0 spiro atoms. The Morgan fingerprint density at radius 1 is 1.38 bits per heavy atom. The molecule has 0 radical (unpaired) electrons. The Labute approximate surface area is 102 Å². The fourth-order valence-corrected chi connectivity index (χ4v) is 1.97. The van der Waals surface area contributed by atoms with Crippen LogP contribution in [0.3, 0.4) is 0 Å². The van der Waals surface area contributed by atoms with Crippen LogP contribution in [-0.4, -0.2) is 30.4 Å². The molecule has 88 valence electrons. The zero-order valence-electron chi connectivity index (χ0n) is 9.35. The van der Waals surface area contributed by atoms with Gasteiger partial charge in [-0.1, -0.05) is 30.3 Å². The molecule has 0 bridgehead atoms. The molecule has 1 aliphatic heterocycles. The third-order valence-electron chi connectivity index (χ3n) is 2.86. The van der Waals surface area contributed by atoms with E-state index < -0.39 is 0 Å². The van der Waals surface area contributed by atoms with Crippen LogP contribution in [-0.2, 0) is 11.3 Å². The summed E-state index contributed by atoms with van der Waals surface area (Å²) in [6, 6.07) is 10.1. The highest BCUT2D eigenvalue weighted by molar-refractivity contribution is 5.85. The van der Waals surface area contributed by atoms with E-state index in [0.717, 1.165) is 19.5 Å². The predicted octanol–water partition coefficient (Wildman–Crippen LogP) is 1.43. The lowest BCUT2D eigenvalue weighted by Gasteiger charge is -2.16. The molecule has 1 aliphatic rings. The monoisotopic (exact) mass is 240 g/mol. The van der Waals surface area contributed by atoms with Crippen LogP contribution < -0.4 is 5.32 Å². The summed E-state index contributed by atoms with van der Waals surface area (Å²) in [5, 5.41) is 3.04. The van der Waals surface area contributed by atoms with Crippen molar-refractivity contribution >= 4 is 18.3 Å². The lowest BCUT2D eigenvalue weighted by molar-refractivity contribution is -0.129. The molecule has 1 fully saturated rings. The molecule has 0 aromatic heterocycles. The molecule has 1 saturated heterocycles. The molecular weight excluding hydrogens is 224 g/mol. The van der Waals surface area contributed by atoms with E-state index in [1.165, 1.54) is 5.56 Å². The van der Waals surface area contributed by atoms with Crippen LogP contribution in [0.5, 0.6) is 0 Å². The number of benzene rings is 1. The minimum Gasteiger partial charge on any atom is -0.337 e. The normalized spacial score (nSPS) is 19.7. The maximum atomic E-state index is 11.8. The first-order valence-electron chi connectivity index (χ1n) is 5.31. The first kappa shape index (κ1) is 13.0. The SMILES string of the molecule is CN[C@@H]1CCN(Cc2ccccc2)C1=O.Cl. The average Bonchev–Trinajstić information content (AvgIpc) is 2.62. The molecule has 4 heteroatoms. The van der Waals surface area contributed by atoms with Crippen molar-refractivity contribution in [2.45, 2.75) is 19.0 Å². The molecule has 1 heterocycles. The smallest absolute Gasteiger partial charge is 0.240 e. The summed E-state index contributed by atoms with van der Waals surface area (Å²) < 4.78 is 0. The van der Waals surface area contributed by atoms with E-state index in [1.807, 2.05) is 30.1 Å². The summed E-state index contributed by atoms with van der Waals surface area (Å²) in [5.74, 6) is 0.223. The van der Waals surface area contributed by atoms with Crippen molar-refractivity contribution in [3.63, 3.8) is 0 Å². The Hall–Kier alpha value is -1.06. The van der Waals surface area contributed by atoms with Gasteiger partial charge in [-0.05, 0) is 19.0 Å². The molecule has 1 amide bonds. The van der Waals surface area contributed by atoms with Gasteiger partial charge in [-0.15, -0.1) is 12.4 Å². The van der Waals surface area contributed by atoms with Gasteiger partial charge in [0.05, 0.1) is 6.04 Å². The van der Waals surface area contributed by atoms with Gasteiger partial charge in [0.2, 0.25) is 5.91 Å². The summed E-state index contributed by atoms with van der Waals surface area (Å²) in [6.07, 6.45) is 0.919. The minimum absolute atomic E-state index is 0. The van der Waals surface area contributed by atoms with Gasteiger partial charge < -0.3 is 10.2 Å². The van der Waals surface area contributed by atoms with Gasteiger partial charge in [-0.2, -0.15) is 0 Å². The number of halogens is 1. The highest BCUT2D eigenvalue weighted by Gasteiger charge is 2.29. The van der Waals surface area contributed by atoms with Gasteiger partial charge in [0.15, 0.2) is 0 Å². The topological polar surface area (TPSA) is 32.3 Å². The Bertz CT molecular complexity index is 342. The van der Waals surface area contributed by atoms with Gasteiger partial charge in [-0.25, -0.2) is 0 Å². The number of hydrogen-bond donors (Lipinski definition) is 1. The molecule has 0 aliphatic carbocycles. The Morgan fingerprint density at radius 3 is 2.62 bits per heavy atom. The highest BCUT2D eigenvalue weighted by Crippen LogP contribution is 2.14. The molecule has 1 aromatic carbocycles. The average molecular weight is 241 g/mol. The third kappa shape index (κ3) is 2.74. The Kier molecular flexibility index (Phi) is 4.77. The Morgan fingerprint density at radius 2 is 2.06 bits per heavy atom. The van der Waals surface area contributed by atoms with Crippen LogP contribution in [0.1, 0.15) is 12.0 Å². The van der Waals surface area contributed by atoms with Gasteiger partial charge in [0.25, 0.3) is 0 Å². The molecular formula is C12H17ClN2O. The summed E-state index contributed by atoms with van der Waals surface area (Å²) in [6.45, 7) is 1.59. The standard InChI is InChI=1S/C12H16N2O.ClH/c1-13-11-7-8-14(12(11)15)9-10-5-3-2-4-6-10;/h2-6,11,13H,7-9H2,1H3;1H/t11-;/m1./s1. The van der Waals surface area contributed by atoms with Crippen LogP contribution in [0.25, 0.3) is 0 Å². The van der Waals surface area contributed by atoms with Crippen molar-refractivity contribution < 1.29 is 4.79 Å². The number of likely N-dealkylation sites (tertiary alicyclic amines) is 1. The maximum Gasteiger partial charge on any atom is 0.240 e. The molecule has 3 nitrogen and oxygen atoms in total. The van der Waals surface area contributed by atoms with Gasteiger partial charge in [0.1, 0.15) is 0 Å². The summed E-state index contributed by atoms with van der Waals surface area (Å²) in [7, 11) is 1.84. The maximum absolute atomic E-state index is 11.8. The van der Waals surface area contributed by atoms with Crippen molar-refractivity contribution in [3.8, 4) is 0 Å². The summed E-state index contributed by atoms with van der Waals surface area (Å²) >= 11 is 0. The van der Waals surface area contributed by atoms with Crippen LogP contribution in [0, 0.1) is 0 Å². The van der Waals surface area contributed by atoms with Crippen LogP contribution in [0.15, 0.2) is 30.3 Å². The van der Waals surface area contributed by atoms with Crippen LogP contribution in [0.2, 0.25) is 0 Å². The van der Waals surface area contributed by atoms with Crippen molar-refractivity contribution in [1.82, 2.24) is 10.2 Å². The van der Waals surface area contributed by atoms with E-state index >= 15 is 0 Å². The molecule has 0 unspecified atom stereocenters. The van der Waals surface area contributed by atoms with E-state index in [9.17, 15) is 4.79 Å². The second kappa shape index (κ2) is 5.87. The summed E-state index contributed by atoms with van der Waals surface area (Å²) in [5.41, 5.74) is 1.20. The second-order valence-corrected chi connectivity index (χ2v) is 3.88. The van der Waals surface area contributed by atoms with E-state index in [-0.39, 0.29) is 24.4 Å². The minimum atomic E-state index is 0. The Balaban J connectivity index is 0.00000128. The number of carbonyl (C=O) groups is 1. The molecule has 1 aromatic rings. The van der Waals surface area contributed by atoms with Crippen LogP contribution in [0.4, 0.5) is 0 Å². The highest BCUT2D eigenvalue weighted by atomic mass is 35.5. The van der Waals surface area contributed by atoms with Gasteiger partial charge in [0, 0.05) is 13.1 Å². The number of nitrogens with one attached hydrogen (secondary N) is 1.